The first-order valence-electron chi connectivity index (χ1n) is 10.4. The van der Waals surface area contributed by atoms with Gasteiger partial charge >= 0.3 is 0 Å². The number of aryl methyl sites for hydroxylation is 2. The van der Waals surface area contributed by atoms with Crippen molar-refractivity contribution in [3.63, 3.8) is 0 Å². The molecule has 1 aliphatic rings. The van der Waals surface area contributed by atoms with Crippen molar-refractivity contribution in [1.29, 1.82) is 0 Å². The Morgan fingerprint density at radius 2 is 1.90 bits per heavy atom. The van der Waals surface area contributed by atoms with E-state index in [-0.39, 0.29) is 0 Å². The Morgan fingerprint density at radius 3 is 2.59 bits per heavy atom. The van der Waals surface area contributed by atoms with Gasteiger partial charge in [0.2, 0.25) is 0 Å². The van der Waals surface area contributed by atoms with Gasteiger partial charge in [-0.25, -0.2) is 4.98 Å². The van der Waals surface area contributed by atoms with Crippen molar-refractivity contribution in [3.8, 4) is 0 Å². The highest BCUT2D eigenvalue weighted by Crippen LogP contribution is 2.16. The van der Waals surface area contributed by atoms with E-state index in [0.29, 0.717) is 13.1 Å². The van der Waals surface area contributed by atoms with Crippen LogP contribution in [-0.4, -0.2) is 61.3 Å². The van der Waals surface area contributed by atoms with E-state index in [1.54, 1.807) is 7.05 Å². The van der Waals surface area contributed by atoms with Crippen LogP contribution >= 0.6 is 0 Å². The summed E-state index contributed by atoms with van der Waals surface area (Å²) in [5.74, 6) is 2.74. The molecule has 0 aliphatic carbocycles. The van der Waals surface area contributed by atoms with E-state index >= 15 is 0 Å². The number of nitrogens with one attached hydrogen (secondary N) is 2. The molecule has 158 valence electrons. The van der Waals surface area contributed by atoms with E-state index in [9.17, 15) is 0 Å². The zero-order valence-corrected chi connectivity index (χ0v) is 18.0. The summed E-state index contributed by atoms with van der Waals surface area (Å²) in [4.78, 5) is 13.6. The smallest absolute Gasteiger partial charge is 0.191 e. The Hall–Kier alpha value is -2.61. The number of rotatable bonds is 7. The quantitative estimate of drug-likeness (QED) is 0.543. The molecule has 0 aromatic carbocycles. The molecule has 0 unspecified atom stereocenters. The van der Waals surface area contributed by atoms with E-state index in [1.807, 2.05) is 12.3 Å². The van der Waals surface area contributed by atoms with E-state index in [0.717, 1.165) is 67.8 Å². The van der Waals surface area contributed by atoms with Gasteiger partial charge in [0.05, 0.1) is 5.69 Å². The number of anilines is 1. The lowest BCUT2D eigenvalue weighted by Gasteiger charge is -2.33. The van der Waals surface area contributed by atoms with E-state index in [2.05, 4.69) is 62.5 Å². The fourth-order valence-electron chi connectivity index (χ4n) is 3.50. The van der Waals surface area contributed by atoms with Crippen LogP contribution in [0.1, 0.15) is 36.4 Å². The van der Waals surface area contributed by atoms with Crippen molar-refractivity contribution < 1.29 is 4.52 Å². The van der Waals surface area contributed by atoms with Gasteiger partial charge in [0.1, 0.15) is 11.6 Å². The molecule has 1 fully saturated rings. The maximum absolute atomic E-state index is 5.44. The Kier molecular flexibility index (Phi) is 7.46. The van der Waals surface area contributed by atoms with Gasteiger partial charge in [0.25, 0.3) is 0 Å². The van der Waals surface area contributed by atoms with Crippen molar-refractivity contribution in [2.75, 3.05) is 45.2 Å². The minimum atomic E-state index is 0.651. The molecule has 0 radical (unpaired) electrons. The zero-order chi connectivity index (χ0) is 20.6. The second kappa shape index (κ2) is 10.2. The molecule has 0 amide bonds. The summed E-state index contributed by atoms with van der Waals surface area (Å²) in [5.41, 5.74) is 3.33. The summed E-state index contributed by atoms with van der Waals surface area (Å²) in [5, 5.41) is 10.9. The lowest BCUT2D eigenvalue weighted by atomic mass is 10.1. The van der Waals surface area contributed by atoms with E-state index in [4.69, 9.17) is 4.52 Å². The minimum Gasteiger partial charge on any atom is -0.361 e. The molecule has 8 heteroatoms. The number of hydrogen-bond donors (Lipinski definition) is 2. The van der Waals surface area contributed by atoms with Crippen LogP contribution in [0, 0.1) is 0 Å². The predicted molar refractivity (Wildman–Crippen MR) is 116 cm³/mol. The maximum Gasteiger partial charge on any atom is 0.191 e. The molecule has 0 spiro atoms. The second-order valence-electron chi connectivity index (χ2n) is 7.33. The Bertz CT molecular complexity index is 788. The van der Waals surface area contributed by atoms with Gasteiger partial charge in [-0.1, -0.05) is 19.0 Å². The molecule has 0 bridgehead atoms. The first kappa shape index (κ1) is 21.1. The first-order chi connectivity index (χ1) is 14.1. The van der Waals surface area contributed by atoms with Crippen LogP contribution in [0.3, 0.4) is 0 Å². The summed E-state index contributed by atoms with van der Waals surface area (Å²) >= 11 is 0. The molecule has 29 heavy (non-hydrogen) atoms. The highest BCUT2D eigenvalue weighted by Gasteiger charge is 2.16. The molecule has 3 heterocycles. The van der Waals surface area contributed by atoms with E-state index in [1.165, 1.54) is 5.56 Å². The number of aromatic nitrogens is 2. The molecular formula is C21H33N7O. The lowest BCUT2D eigenvalue weighted by Crippen LogP contribution is -2.44. The summed E-state index contributed by atoms with van der Waals surface area (Å²) in [7, 11) is 3.95. The van der Waals surface area contributed by atoms with Crippen molar-refractivity contribution in [3.05, 3.63) is 40.9 Å². The number of nitrogens with zero attached hydrogens (tertiary/aromatic N) is 5. The third-order valence-electron chi connectivity index (χ3n) is 5.36. The Labute approximate surface area is 173 Å². The number of guanidine groups is 1. The van der Waals surface area contributed by atoms with Crippen molar-refractivity contribution in [1.82, 2.24) is 25.7 Å². The van der Waals surface area contributed by atoms with Crippen LogP contribution < -0.4 is 15.5 Å². The van der Waals surface area contributed by atoms with Gasteiger partial charge in [0, 0.05) is 64.5 Å². The van der Waals surface area contributed by atoms with Crippen LogP contribution in [-0.2, 0) is 25.9 Å². The Balaban J connectivity index is 1.56. The Morgan fingerprint density at radius 1 is 1.14 bits per heavy atom. The van der Waals surface area contributed by atoms with Crippen LogP contribution in [0.15, 0.2) is 27.8 Å². The molecule has 1 aliphatic heterocycles. The summed E-state index contributed by atoms with van der Waals surface area (Å²) < 4.78 is 5.44. The first-order valence-corrected chi connectivity index (χ1v) is 10.4. The average Bonchev–Trinajstić information content (AvgIpc) is 3.16. The number of aliphatic imine (C=N–C) groups is 1. The summed E-state index contributed by atoms with van der Waals surface area (Å²) in [6.45, 7) is 9.69. The predicted octanol–water partition coefficient (Wildman–Crippen LogP) is 1.81. The van der Waals surface area contributed by atoms with Crippen LogP contribution in [0.2, 0.25) is 0 Å². The van der Waals surface area contributed by atoms with Gasteiger partial charge in [-0.15, -0.1) is 0 Å². The van der Waals surface area contributed by atoms with Crippen molar-refractivity contribution in [2.45, 2.75) is 39.8 Å². The van der Waals surface area contributed by atoms with Crippen LogP contribution in [0.25, 0.3) is 0 Å². The molecule has 1 saturated heterocycles. The van der Waals surface area contributed by atoms with Gasteiger partial charge < -0.3 is 25.0 Å². The summed E-state index contributed by atoms with van der Waals surface area (Å²) in [6.07, 6.45) is 3.58. The number of hydrogen-bond acceptors (Lipinski definition) is 6. The lowest BCUT2D eigenvalue weighted by molar-refractivity contribution is 0.312. The highest BCUT2D eigenvalue weighted by molar-refractivity contribution is 5.79. The average molecular weight is 400 g/mol. The zero-order valence-electron chi connectivity index (χ0n) is 18.0. The van der Waals surface area contributed by atoms with Gasteiger partial charge in [0.15, 0.2) is 5.96 Å². The molecular weight excluding hydrogens is 366 g/mol. The number of pyridine rings is 1. The second-order valence-corrected chi connectivity index (χ2v) is 7.33. The van der Waals surface area contributed by atoms with Gasteiger partial charge in [-0.05, 0) is 31.2 Å². The molecule has 0 atom stereocenters. The SMILES string of the molecule is CCc1noc(CC)c1CNC(=NC)NCc1ccnc(N2CCN(C)CC2)c1. The molecule has 2 aromatic heterocycles. The largest absolute Gasteiger partial charge is 0.361 e. The van der Waals surface area contributed by atoms with E-state index < -0.39 is 0 Å². The number of piperazine rings is 1. The highest BCUT2D eigenvalue weighted by atomic mass is 16.5. The van der Waals surface area contributed by atoms with Crippen LogP contribution in [0.4, 0.5) is 5.82 Å². The molecule has 3 rings (SSSR count). The molecule has 2 N–H and O–H groups in total. The normalized spacial score (nSPS) is 15.6. The van der Waals surface area contributed by atoms with Gasteiger partial charge in [-0.3, -0.25) is 4.99 Å². The maximum atomic E-state index is 5.44. The van der Waals surface area contributed by atoms with Crippen molar-refractivity contribution >= 4 is 11.8 Å². The minimum absolute atomic E-state index is 0.651. The molecule has 8 nitrogen and oxygen atoms in total. The fourth-order valence-corrected chi connectivity index (χ4v) is 3.50. The monoisotopic (exact) mass is 399 g/mol. The topological polar surface area (TPSA) is 81.8 Å². The molecule has 2 aromatic rings. The van der Waals surface area contributed by atoms with Crippen LogP contribution in [0.5, 0.6) is 0 Å². The summed E-state index contributed by atoms with van der Waals surface area (Å²) in [6, 6.07) is 4.21. The van der Waals surface area contributed by atoms with Crippen molar-refractivity contribution in [2.24, 2.45) is 4.99 Å². The molecule has 0 saturated carbocycles. The third kappa shape index (κ3) is 5.47. The third-order valence-corrected chi connectivity index (χ3v) is 5.36. The van der Waals surface area contributed by atoms with Gasteiger partial charge in [-0.2, -0.15) is 0 Å². The number of likely N-dealkylation sites (N-methyl/N-ethyl adjacent to an activating group) is 1. The standard InChI is InChI=1S/C21H33N7O/c1-5-18-17(19(6-2)29-26-18)15-25-21(22-3)24-14-16-7-8-23-20(13-16)28-11-9-27(4)10-12-28/h7-8,13H,5-6,9-12,14-15H2,1-4H3,(H2,22,24,25). The fraction of sp³-hybridized carbons (Fsp3) is 0.571.